The highest BCUT2D eigenvalue weighted by atomic mass is 35.5. The van der Waals surface area contributed by atoms with Gasteiger partial charge in [0.1, 0.15) is 5.01 Å². The number of methoxy groups -OCH3 is 1. The van der Waals surface area contributed by atoms with E-state index in [0.29, 0.717) is 10.7 Å². The summed E-state index contributed by atoms with van der Waals surface area (Å²) < 4.78 is 4.74. The number of amides is 1. The van der Waals surface area contributed by atoms with Crippen LogP contribution in [0.4, 0.5) is 0 Å². The molecule has 0 spiro atoms. The van der Waals surface area contributed by atoms with E-state index in [1.165, 1.54) is 18.4 Å². The molecule has 144 valence electrons. The fraction of sp³-hybridized carbons (Fsp3) is 0.200. The lowest BCUT2D eigenvalue weighted by atomic mass is 10.0. The maximum atomic E-state index is 12.5. The lowest BCUT2D eigenvalue weighted by molar-refractivity contribution is -0.141. The van der Waals surface area contributed by atoms with Crippen molar-refractivity contribution in [2.24, 2.45) is 0 Å². The minimum absolute atomic E-state index is 0.0279. The summed E-state index contributed by atoms with van der Waals surface area (Å²) in [6.45, 7) is 0. The number of thiazole rings is 1. The Morgan fingerprint density at radius 1 is 1.21 bits per heavy atom. The Morgan fingerprint density at radius 2 is 2.00 bits per heavy atom. The largest absolute Gasteiger partial charge is 0.469 e. The molecule has 3 aromatic rings. The van der Waals surface area contributed by atoms with Gasteiger partial charge >= 0.3 is 5.97 Å². The van der Waals surface area contributed by atoms with Crippen LogP contribution in [0.3, 0.4) is 0 Å². The minimum Gasteiger partial charge on any atom is -0.469 e. The smallest absolute Gasteiger partial charge is 0.307 e. The van der Waals surface area contributed by atoms with Crippen LogP contribution in [0.25, 0.3) is 10.7 Å². The Bertz CT molecular complexity index is 945. The molecule has 0 bridgehead atoms. The van der Waals surface area contributed by atoms with Crippen LogP contribution in [0.1, 0.15) is 23.7 Å². The van der Waals surface area contributed by atoms with Crippen molar-refractivity contribution >= 4 is 34.8 Å². The summed E-state index contributed by atoms with van der Waals surface area (Å²) in [5.74, 6) is -0.645. The molecule has 1 amide bonds. The summed E-state index contributed by atoms with van der Waals surface area (Å²) in [7, 11) is 1.32. The van der Waals surface area contributed by atoms with Gasteiger partial charge in [0.25, 0.3) is 0 Å². The second-order valence-corrected chi connectivity index (χ2v) is 7.28. The van der Waals surface area contributed by atoms with Gasteiger partial charge < -0.3 is 10.1 Å². The molecule has 0 radical (unpaired) electrons. The third-order valence-electron chi connectivity index (χ3n) is 3.98. The molecule has 0 aliphatic heterocycles. The van der Waals surface area contributed by atoms with Crippen LogP contribution in [-0.2, 0) is 20.7 Å². The van der Waals surface area contributed by atoms with Crippen LogP contribution in [0.5, 0.6) is 0 Å². The van der Waals surface area contributed by atoms with Crippen LogP contribution in [0.15, 0.2) is 54.0 Å². The highest BCUT2D eigenvalue weighted by Crippen LogP contribution is 2.23. The van der Waals surface area contributed by atoms with Crippen molar-refractivity contribution in [3.05, 3.63) is 70.3 Å². The molecule has 0 aliphatic carbocycles. The highest BCUT2D eigenvalue weighted by molar-refractivity contribution is 7.13. The lowest BCUT2D eigenvalue weighted by Crippen LogP contribution is -2.31. The number of halogens is 1. The molecule has 8 heteroatoms. The summed E-state index contributed by atoms with van der Waals surface area (Å²) in [4.78, 5) is 33.0. The van der Waals surface area contributed by atoms with E-state index in [1.807, 2.05) is 23.6 Å². The summed E-state index contributed by atoms with van der Waals surface area (Å²) in [5.41, 5.74) is 2.19. The first-order valence-corrected chi connectivity index (χ1v) is 9.78. The fourth-order valence-electron chi connectivity index (χ4n) is 2.60. The number of ether oxygens (including phenoxy) is 1. The number of esters is 1. The Hall–Kier alpha value is -2.77. The molecular formula is C20H18ClN3O3S. The van der Waals surface area contributed by atoms with Gasteiger partial charge in [0.05, 0.1) is 37.4 Å². The average Bonchev–Trinajstić information content (AvgIpc) is 3.17. The number of nitrogens with zero attached hydrogens (tertiary/aromatic N) is 2. The Kier molecular flexibility index (Phi) is 6.73. The highest BCUT2D eigenvalue weighted by Gasteiger charge is 2.20. The molecular weight excluding hydrogens is 398 g/mol. The molecule has 0 fully saturated rings. The van der Waals surface area contributed by atoms with Crippen molar-refractivity contribution in [1.29, 1.82) is 0 Å². The molecule has 28 heavy (non-hydrogen) atoms. The predicted octanol–water partition coefficient (Wildman–Crippen LogP) is 3.82. The summed E-state index contributed by atoms with van der Waals surface area (Å²) in [6, 6.07) is 12.1. The topological polar surface area (TPSA) is 81.2 Å². The minimum atomic E-state index is -0.508. The first kappa shape index (κ1) is 20.0. The molecule has 0 saturated heterocycles. The zero-order chi connectivity index (χ0) is 19.9. The van der Waals surface area contributed by atoms with Crippen molar-refractivity contribution < 1.29 is 14.3 Å². The SMILES string of the molecule is COC(=O)CC(NC(=O)Cc1csc(-c2ccccn2)n1)c1ccc(Cl)cc1. The van der Waals surface area contributed by atoms with Gasteiger partial charge in [0.2, 0.25) is 5.91 Å². The molecule has 3 rings (SSSR count). The summed E-state index contributed by atoms with van der Waals surface area (Å²) in [5, 5.41) is 6.05. The van der Waals surface area contributed by atoms with Gasteiger partial charge in [-0.15, -0.1) is 11.3 Å². The molecule has 2 heterocycles. The van der Waals surface area contributed by atoms with Gasteiger partial charge in [-0.05, 0) is 29.8 Å². The van der Waals surface area contributed by atoms with E-state index in [0.717, 1.165) is 16.3 Å². The molecule has 1 atom stereocenters. The number of hydrogen-bond acceptors (Lipinski definition) is 6. The summed E-state index contributed by atoms with van der Waals surface area (Å²) in [6.07, 6.45) is 1.83. The van der Waals surface area contributed by atoms with E-state index >= 15 is 0 Å². The zero-order valence-corrected chi connectivity index (χ0v) is 16.7. The third kappa shape index (κ3) is 5.37. The standard InChI is InChI=1S/C20H18ClN3O3S/c1-27-19(26)11-17(13-5-7-14(21)8-6-13)24-18(25)10-15-12-28-20(23-15)16-4-2-3-9-22-16/h2-9,12,17H,10-11H2,1H3,(H,24,25). The molecule has 1 aromatic carbocycles. The molecule has 0 aliphatic rings. The van der Waals surface area contributed by atoms with E-state index < -0.39 is 12.0 Å². The van der Waals surface area contributed by atoms with E-state index in [9.17, 15) is 9.59 Å². The van der Waals surface area contributed by atoms with Gasteiger partial charge in [0, 0.05) is 16.6 Å². The second-order valence-electron chi connectivity index (χ2n) is 5.99. The lowest BCUT2D eigenvalue weighted by Gasteiger charge is -2.18. The Labute approximate surface area is 171 Å². The van der Waals surface area contributed by atoms with Gasteiger partial charge in [0.15, 0.2) is 0 Å². The third-order valence-corrected chi connectivity index (χ3v) is 5.15. The van der Waals surface area contributed by atoms with Crippen molar-refractivity contribution in [2.75, 3.05) is 7.11 Å². The zero-order valence-electron chi connectivity index (χ0n) is 15.1. The van der Waals surface area contributed by atoms with Gasteiger partial charge in [-0.25, -0.2) is 4.98 Å². The summed E-state index contributed by atoms with van der Waals surface area (Å²) >= 11 is 7.36. The van der Waals surface area contributed by atoms with E-state index in [4.69, 9.17) is 16.3 Å². The fourth-order valence-corrected chi connectivity index (χ4v) is 3.52. The predicted molar refractivity (Wildman–Crippen MR) is 108 cm³/mol. The number of hydrogen-bond donors (Lipinski definition) is 1. The van der Waals surface area contributed by atoms with Crippen molar-refractivity contribution in [3.63, 3.8) is 0 Å². The van der Waals surface area contributed by atoms with E-state index in [1.54, 1.807) is 30.5 Å². The van der Waals surface area contributed by atoms with E-state index in [2.05, 4.69) is 15.3 Å². The van der Waals surface area contributed by atoms with Crippen molar-refractivity contribution in [1.82, 2.24) is 15.3 Å². The second kappa shape index (κ2) is 9.43. The number of carbonyl (C=O) groups is 2. The number of benzene rings is 1. The molecule has 1 unspecified atom stereocenters. The van der Waals surface area contributed by atoms with Gasteiger partial charge in [-0.2, -0.15) is 0 Å². The van der Waals surface area contributed by atoms with E-state index in [-0.39, 0.29) is 18.7 Å². The van der Waals surface area contributed by atoms with Crippen LogP contribution in [0, 0.1) is 0 Å². The number of rotatable bonds is 7. The Balaban J connectivity index is 1.69. The number of aromatic nitrogens is 2. The van der Waals surface area contributed by atoms with Crippen LogP contribution in [-0.4, -0.2) is 29.0 Å². The van der Waals surface area contributed by atoms with Crippen LogP contribution in [0.2, 0.25) is 5.02 Å². The Morgan fingerprint density at radius 3 is 2.68 bits per heavy atom. The van der Waals surface area contributed by atoms with Crippen molar-refractivity contribution in [3.8, 4) is 10.7 Å². The molecule has 1 N–H and O–H groups in total. The average molecular weight is 416 g/mol. The monoisotopic (exact) mass is 415 g/mol. The van der Waals surface area contributed by atoms with Crippen molar-refractivity contribution in [2.45, 2.75) is 18.9 Å². The first-order chi connectivity index (χ1) is 13.5. The number of nitrogens with one attached hydrogen (secondary N) is 1. The quantitative estimate of drug-likeness (QED) is 0.593. The maximum Gasteiger partial charge on any atom is 0.307 e. The number of carbonyl (C=O) groups excluding carboxylic acids is 2. The van der Waals surface area contributed by atoms with Crippen LogP contribution < -0.4 is 5.32 Å². The molecule has 2 aromatic heterocycles. The van der Waals surface area contributed by atoms with Gasteiger partial charge in [-0.1, -0.05) is 29.8 Å². The maximum absolute atomic E-state index is 12.5. The first-order valence-electron chi connectivity index (χ1n) is 8.52. The van der Waals surface area contributed by atoms with Gasteiger partial charge in [-0.3, -0.25) is 14.6 Å². The van der Waals surface area contributed by atoms with Crippen LogP contribution >= 0.6 is 22.9 Å². The molecule has 6 nitrogen and oxygen atoms in total. The number of pyridine rings is 1. The molecule has 0 saturated carbocycles. The normalized spacial score (nSPS) is 11.6.